The van der Waals surface area contributed by atoms with Gasteiger partial charge in [-0.15, -0.1) is 0 Å². The number of fused-ring (bicyclic) bond motifs is 1. The van der Waals surface area contributed by atoms with E-state index in [0.717, 1.165) is 0 Å². The summed E-state index contributed by atoms with van der Waals surface area (Å²) >= 11 is 0. The first-order valence-corrected chi connectivity index (χ1v) is 7.13. The van der Waals surface area contributed by atoms with Crippen molar-refractivity contribution in [2.45, 2.75) is 13.8 Å². The zero-order valence-corrected chi connectivity index (χ0v) is 12.4. The molecule has 0 unspecified atom stereocenters. The van der Waals surface area contributed by atoms with E-state index in [1.165, 1.54) is 22.1 Å². The average molecular weight is 263 g/mol. The van der Waals surface area contributed by atoms with Gasteiger partial charge in [-0.1, -0.05) is 68.4 Å². The molecule has 0 aliphatic rings. The molecule has 0 N–H and O–H groups in total. The molecule has 0 heterocycles. The Kier molecular flexibility index (Phi) is 4.78. The van der Waals surface area contributed by atoms with Crippen LogP contribution in [0.15, 0.2) is 72.8 Å². The SMILES string of the molecule is CC.CN(c1ccccc1)c1cccc2ccccc12. The lowest BCUT2D eigenvalue weighted by Crippen LogP contribution is -2.09. The van der Waals surface area contributed by atoms with Gasteiger partial charge in [-0.25, -0.2) is 0 Å². The highest BCUT2D eigenvalue weighted by molar-refractivity contribution is 5.95. The van der Waals surface area contributed by atoms with E-state index in [-0.39, 0.29) is 0 Å². The van der Waals surface area contributed by atoms with Gasteiger partial charge in [-0.3, -0.25) is 0 Å². The highest BCUT2D eigenvalue weighted by Crippen LogP contribution is 2.30. The molecule has 20 heavy (non-hydrogen) atoms. The van der Waals surface area contributed by atoms with Crippen molar-refractivity contribution in [3.63, 3.8) is 0 Å². The zero-order valence-electron chi connectivity index (χ0n) is 12.4. The molecule has 3 rings (SSSR count). The minimum Gasteiger partial charge on any atom is -0.344 e. The van der Waals surface area contributed by atoms with E-state index in [1.54, 1.807) is 0 Å². The Morgan fingerprint density at radius 1 is 0.650 bits per heavy atom. The minimum atomic E-state index is 1.20. The Labute approximate surface area is 121 Å². The van der Waals surface area contributed by atoms with Crippen LogP contribution in [0.2, 0.25) is 0 Å². The second-order valence-electron chi connectivity index (χ2n) is 4.39. The smallest absolute Gasteiger partial charge is 0.0487 e. The van der Waals surface area contributed by atoms with Crippen LogP contribution >= 0.6 is 0 Å². The fourth-order valence-corrected chi connectivity index (χ4v) is 2.29. The summed E-state index contributed by atoms with van der Waals surface area (Å²) in [6.07, 6.45) is 0. The van der Waals surface area contributed by atoms with Gasteiger partial charge in [0.25, 0.3) is 0 Å². The first-order chi connectivity index (χ1) is 9.86. The molecule has 1 heteroatoms. The predicted octanol–water partition coefficient (Wildman–Crippen LogP) is 5.63. The van der Waals surface area contributed by atoms with E-state index in [4.69, 9.17) is 0 Å². The van der Waals surface area contributed by atoms with Gasteiger partial charge >= 0.3 is 0 Å². The fraction of sp³-hybridized carbons (Fsp3) is 0.158. The van der Waals surface area contributed by atoms with E-state index in [9.17, 15) is 0 Å². The number of hydrogen-bond donors (Lipinski definition) is 0. The van der Waals surface area contributed by atoms with Crippen LogP contribution in [-0.2, 0) is 0 Å². The van der Waals surface area contributed by atoms with Gasteiger partial charge in [0.15, 0.2) is 0 Å². The normalized spacial score (nSPS) is 9.75. The first kappa shape index (κ1) is 14.1. The summed E-state index contributed by atoms with van der Waals surface area (Å²) in [6.45, 7) is 4.00. The summed E-state index contributed by atoms with van der Waals surface area (Å²) in [7, 11) is 2.11. The van der Waals surface area contributed by atoms with Crippen molar-refractivity contribution < 1.29 is 0 Å². The number of benzene rings is 3. The second-order valence-corrected chi connectivity index (χ2v) is 4.39. The third-order valence-corrected chi connectivity index (χ3v) is 3.27. The maximum atomic E-state index is 2.22. The number of anilines is 2. The lowest BCUT2D eigenvalue weighted by atomic mass is 10.1. The maximum Gasteiger partial charge on any atom is 0.0487 e. The van der Waals surface area contributed by atoms with Crippen molar-refractivity contribution in [2.75, 3.05) is 11.9 Å². The fourth-order valence-electron chi connectivity index (χ4n) is 2.29. The number of rotatable bonds is 2. The van der Waals surface area contributed by atoms with Crippen molar-refractivity contribution in [3.8, 4) is 0 Å². The molecular formula is C19H21N. The van der Waals surface area contributed by atoms with Crippen molar-refractivity contribution in [3.05, 3.63) is 72.8 Å². The van der Waals surface area contributed by atoms with Crippen molar-refractivity contribution in [1.29, 1.82) is 0 Å². The quantitative estimate of drug-likeness (QED) is 0.579. The summed E-state index contributed by atoms with van der Waals surface area (Å²) < 4.78 is 0. The molecule has 0 bridgehead atoms. The predicted molar refractivity (Wildman–Crippen MR) is 89.8 cm³/mol. The van der Waals surface area contributed by atoms with Crippen molar-refractivity contribution in [1.82, 2.24) is 0 Å². The van der Waals surface area contributed by atoms with Crippen molar-refractivity contribution in [2.24, 2.45) is 0 Å². The maximum absolute atomic E-state index is 2.22. The monoisotopic (exact) mass is 263 g/mol. The summed E-state index contributed by atoms with van der Waals surface area (Å²) in [4.78, 5) is 2.22. The van der Waals surface area contributed by atoms with Gasteiger partial charge in [0, 0.05) is 23.8 Å². The summed E-state index contributed by atoms with van der Waals surface area (Å²) in [5, 5.41) is 2.56. The highest BCUT2D eigenvalue weighted by Gasteiger charge is 2.06. The van der Waals surface area contributed by atoms with Crippen LogP contribution in [0.1, 0.15) is 13.8 Å². The van der Waals surface area contributed by atoms with E-state index in [1.807, 2.05) is 19.9 Å². The van der Waals surface area contributed by atoms with Gasteiger partial charge in [0.2, 0.25) is 0 Å². The second kappa shape index (κ2) is 6.76. The topological polar surface area (TPSA) is 3.24 Å². The molecule has 102 valence electrons. The Morgan fingerprint density at radius 3 is 2.00 bits per heavy atom. The minimum absolute atomic E-state index is 1.20. The summed E-state index contributed by atoms with van der Waals surface area (Å²) in [6, 6.07) is 25.3. The zero-order chi connectivity index (χ0) is 14.4. The highest BCUT2D eigenvalue weighted by atomic mass is 15.1. The number of nitrogens with zero attached hydrogens (tertiary/aromatic N) is 1. The Hall–Kier alpha value is -2.28. The van der Waals surface area contributed by atoms with Crippen molar-refractivity contribution >= 4 is 22.1 Å². The molecule has 3 aromatic carbocycles. The van der Waals surface area contributed by atoms with E-state index >= 15 is 0 Å². The van der Waals surface area contributed by atoms with Crippen LogP contribution in [0.5, 0.6) is 0 Å². The van der Waals surface area contributed by atoms with Crippen LogP contribution in [0.25, 0.3) is 10.8 Å². The molecule has 1 nitrogen and oxygen atoms in total. The van der Waals surface area contributed by atoms with Gasteiger partial charge in [-0.2, -0.15) is 0 Å². The molecule has 0 aromatic heterocycles. The molecule has 0 fully saturated rings. The van der Waals surface area contributed by atoms with Crippen LogP contribution in [0, 0.1) is 0 Å². The molecule has 0 aliphatic carbocycles. The summed E-state index contributed by atoms with van der Waals surface area (Å²) in [5.41, 5.74) is 2.44. The standard InChI is InChI=1S/C17H15N.C2H6/c1-18(15-10-3-2-4-11-15)17-13-7-9-14-8-5-6-12-16(14)17;1-2/h2-13H,1H3;1-2H3. The third-order valence-electron chi connectivity index (χ3n) is 3.27. The third kappa shape index (κ3) is 2.83. The van der Waals surface area contributed by atoms with Gasteiger partial charge in [0.1, 0.15) is 0 Å². The van der Waals surface area contributed by atoms with Gasteiger partial charge in [-0.05, 0) is 23.6 Å². The van der Waals surface area contributed by atoms with Crippen LogP contribution in [0.3, 0.4) is 0 Å². The Bertz CT molecular complexity index is 653. The number of hydrogen-bond acceptors (Lipinski definition) is 1. The van der Waals surface area contributed by atoms with Gasteiger partial charge in [0.05, 0.1) is 0 Å². The van der Waals surface area contributed by atoms with Gasteiger partial charge < -0.3 is 4.90 Å². The number of para-hydroxylation sites is 1. The van der Waals surface area contributed by atoms with E-state index in [2.05, 4.69) is 78.7 Å². The Morgan fingerprint density at radius 2 is 1.25 bits per heavy atom. The molecule has 0 saturated heterocycles. The van der Waals surface area contributed by atoms with Crippen LogP contribution in [-0.4, -0.2) is 7.05 Å². The average Bonchev–Trinajstić information content (AvgIpc) is 2.56. The van der Waals surface area contributed by atoms with Crippen LogP contribution < -0.4 is 4.90 Å². The van der Waals surface area contributed by atoms with E-state index < -0.39 is 0 Å². The molecular weight excluding hydrogens is 242 g/mol. The molecule has 3 aromatic rings. The largest absolute Gasteiger partial charge is 0.344 e. The molecule has 0 atom stereocenters. The molecule has 0 spiro atoms. The Balaban J connectivity index is 0.000000704. The lowest BCUT2D eigenvalue weighted by Gasteiger charge is -2.21. The van der Waals surface area contributed by atoms with E-state index in [0.29, 0.717) is 0 Å². The van der Waals surface area contributed by atoms with Crippen LogP contribution in [0.4, 0.5) is 11.4 Å². The molecule has 0 radical (unpaired) electrons. The molecule has 0 saturated carbocycles. The molecule has 0 amide bonds. The first-order valence-electron chi connectivity index (χ1n) is 7.13. The lowest BCUT2D eigenvalue weighted by molar-refractivity contribution is 1.22. The molecule has 0 aliphatic heterocycles. The summed E-state index contributed by atoms with van der Waals surface area (Å²) in [5.74, 6) is 0.